The topological polar surface area (TPSA) is 65.4 Å². The fourth-order valence-corrected chi connectivity index (χ4v) is 3.35. The molecule has 6 nitrogen and oxygen atoms in total. The summed E-state index contributed by atoms with van der Waals surface area (Å²) in [6.45, 7) is 0.540. The predicted molar refractivity (Wildman–Crippen MR) is 99.0 cm³/mol. The number of halogens is 1. The molecule has 27 heavy (non-hydrogen) atoms. The number of rotatable bonds is 5. The van der Waals surface area contributed by atoms with E-state index in [1.807, 2.05) is 24.5 Å². The van der Waals surface area contributed by atoms with Crippen LogP contribution in [-0.4, -0.2) is 28.5 Å². The normalized spacial score (nSPS) is 12.2. The van der Waals surface area contributed by atoms with E-state index >= 15 is 0 Å². The van der Waals surface area contributed by atoms with Crippen LogP contribution < -0.4 is 14.8 Å². The second-order valence-corrected chi connectivity index (χ2v) is 6.59. The van der Waals surface area contributed by atoms with Gasteiger partial charge in [-0.1, -0.05) is 17.8 Å². The molecule has 8 heteroatoms. The van der Waals surface area contributed by atoms with Crippen molar-refractivity contribution in [1.82, 2.24) is 14.9 Å². The van der Waals surface area contributed by atoms with E-state index in [9.17, 15) is 9.18 Å². The molecule has 2 aromatic carbocycles. The number of imidazole rings is 1. The first-order valence-electron chi connectivity index (χ1n) is 8.20. The number of ether oxygens (including phenoxy) is 2. The van der Waals surface area contributed by atoms with Gasteiger partial charge in [0.2, 0.25) is 6.79 Å². The number of nitrogens with one attached hydrogen (secondary N) is 1. The Labute approximate surface area is 159 Å². The number of hydrogen-bond acceptors (Lipinski definition) is 5. The highest BCUT2D eigenvalue weighted by Gasteiger charge is 2.18. The summed E-state index contributed by atoms with van der Waals surface area (Å²) in [5.41, 5.74) is 1.95. The Bertz CT molecular complexity index is 988. The van der Waals surface area contributed by atoms with Gasteiger partial charge in [-0.25, -0.2) is 9.37 Å². The number of nitrogens with zero attached hydrogens (tertiary/aromatic N) is 2. The molecule has 138 valence electrons. The fraction of sp³-hybridized carbons (Fsp3) is 0.158. The lowest BCUT2D eigenvalue weighted by molar-refractivity contribution is 0.0943. The Kier molecular flexibility index (Phi) is 4.72. The second-order valence-electron chi connectivity index (χ2n) is 5.81. The van der Waals surface area contributed by atoms with Gasteiger partial charge < -0.3 is 14.8 Å². The van der Waals surface area contributed by atoms with Gasteiger partial charge in [0.25, 0.3) is 5.91 Å². The highest BCUT2D eigenvalue weighted by atomic mass is 32.2. The third-order valence-electron chi connectivity index (χ3n) is 4.12. The lowest BCUT2D eigenvalue weighted by Gasteiger charge is -2.11. The maximum absolute atomic E-state index is 13.2. The summed E-state index contributed by atoms with van der Waals surface area (Å²) in [7, 11) is 0. The van der Waals surface area contributed by atoms with Crippen LogP contribution in [0.1, 0.15) is 16.1 Å². The van der Waals surface area contributed by atoms with Crippen LogP contribution in [0.4, 0.5) is 4.39 Å². The Morgan fingerprint density at radius 2 is 2.00 bits per heavy atom. The van der Waals surface area contributed by atoms with E-state index in [0.29, 0.717) is 34.6 Å². The zero-order valence-electron chi connectivity index (χ0n) is 14.4. The van der Waals surface area contributed by atoms with Gasteiger partial charge >= 0.3 is 0 Å². The molecule has 0 saturated heterocycles. The zero-order chi connectivity index (χ0) is 18.8. The Hall–Kier alpha value is -3.00. The van der Waals surface area contributed by atoms with Crippen molar-refractivity contribution in [2.24, 2.45) is 0 Å². The molecule has 0 atom stereocenters. The number of hydrogen-bond donors (Lipinski definition) is 1. The van der Waals surface area contributed by atoms with Crippen molar-refractivity contribution in [3.05, 3.63) is 65.7 Å². The number of amides is 1. The minimum Gasteiger partial charge on any atom is -0.454 e. The summed E-state index contributed by atoms with van der Waals surface area (Å²) in [5, 5.41) is 3.53. The van der Waals surface area contributed by atoms with E-state index in [4.69, 9.17) is 9.47 Å². The van der Waals surface area contributed by atoms with Gasteiger partial charge in [-0.3, -0.25) is 9.36 Å². The van der Waals surface area contributed by atoms with Crippen molar-refractivity contribution in [3.8, 4) is 17.2 Å². The van der Waals surface area contributed by atoms with Crippen molar-refractivity contribution >= 4 is 17.7 Å². The van der Waals surface area contributed by atoms with Crippen LogP contribution in [-0.2, 0) is 6.54 Å². The monoisotopic (exact) mass is 385 g/mol. The summed E-state index contributed by atoms with van der Waals surface area (Å²) in [6, 6.07) is 11.5. The summed E-state index contributed by atoms with van der Waals surface area (Å²) in [6.07, 6.45) is 3.39. The average molecular weight is 385 g/mol. The summed E-state index contributed by atoms with van der Waals surface area (Å²) >= 11 is 1.41. The van der Waals surface area contributed by atoms with E-state index in [1.165, 1.54) is 30.1 Å². The number of fused-ring (bicyclic) bond motifs is 1. The number of aromatic nitrogens is 2. The van der Waals surface area contributed by atoms with Gasteiger partial charge in [0.15, 0.2) is 16.7 Å². The zero-order valence-corrected chi connectivity index (χ0v) is 15.3. The molecule has 1 aliphatic rings. The van der Waals surface area contributed by atoms with E-state index < -0.39 is 0 Å². The van der Waals surface area contributed by atoms with Gasteiger partial charge in [-0.15, -0.1) is 0 Å². The summed E-state index contributed by atoms with van der Waals surface area (Å²) < 4.78 is 25.6. The van der Waals surface area contributed by atoms with Crippen LogP contribution >= 0.6 is 11.8 Å². The number of carbonyl (C=O) groups excluding carboxylic acids is 1. The molecule has 4 rings (SSSR count). The Morgan fingerprint density at radius 1 is 1.22 bits per heavy atom. The largest absolute Gasteiger partial charge is 0.454 e. The molecule has 1 aliphatic heterocycles. The fourth-order valence-electron chi connectivity index (χ4n) is 2.80. The van der Waals surface area contributed by atoms with Crippen LogP contribution in [0.3, 0.4) is 0 Å². The first-order valence-corrected chi connectivity index (χ1v) is 9.42. The van der Waals surface area contributed by atoms with Gasteiger partial charge in [-0.2, -0.15) is 0 Å². The van der Waals surface area contributed by atoms with Gasteiger partial charge in [-0.05, 0) is 48.2 Å². The van der Waals surface area contributed by atoms with Crippen LogP contribution in [0.2, 0.25) is 0 Å². The van der Waals surface area contributed by atoms with Gasteiger partial charge in [0.05, 0.1) is 6.20 Å². The molecular weight excluding hydrogens is 369 g/mol. The summed E-state index contributed by atoms with van der Waals surface area (Å²) in [4.78, 5) is 17.0. The van der Waals surface area contributed by atoms with E-state index in [-0.39, 0.29) is 18.5 Å². The lowest BCUT2D eigenvalue weighted by Crippen LogP contribution is -2.25. The number of carbonyl (C=O) groups is 1. The third-order valence-corrected chi connectivity index (χ3v) is 4.77. The van der Waals surface area contributed by atoms with E-state index in [2.05, 4.69) is 10.3 Å². The highest BCUT2D eigenvalue weighted by molar-refractivity contribution is 7.98. The van der Waals surface area contributed by atoms with Gasteiger partial charge in [0.1, 0.15) is 11.5 Å². The molecule has 1 aromatic heterocycles. The second kappa shape index (κ2) is 7.32. The minimum absolute atomic E-state index is 0.208. The number of benzene rings is 2. The first kappa shape index (κ1) is 17.4. The molecule has 2 heterocycles. The molecule has 3 aromatic rings. The van der Waals surface area contributed by atoms with E-state index in [1.54, 1.807) is 16.7 Å². The molecule has 0 bridgehead atoms. The average Bonchev–Trinajstić information content (AvgIpc) is 3.33. The van der Waals surface area contributed by atoms with Crippen molar-refractivity contribution in [2.75, 3.05) is 13.0 Å². The highest BCUT2D eigenvalue weighted by Crippen LogP contribution is 2.32. The quantitative estimate of drug-likeness (QED) is 0.682. The Balaban J connectivity index is 1.55. The van der Waals surface area contributed by atoms with Crippen molar-refractivity contribution in [3.63, 3.8) is 0 Å². The minimum atomic E-state index is -0.335. The lowest BCUT2D eigenvalue weighted by atomic mass is 10.2. The molecule has 0 fully saturated rings. The van der Waals surface area contributed by atoms with Crippen LogP contribution in [0.5, 0.6) is 11.5 Å². The van der Waals surface area contributed by atoms with Crippen molar-refractivity contribution in [1.29, 1.82) is 0 Å². The first-order chi connectivity index (χ1) is 13.2. The van der Waals surface area contributed by atoms with Crippen molar-refractivity contribution in [2.45, 2.75) is 11.7 Å². The SMILES string of the molecule is CSc1ncc(C(=O)NCc2ccc3c(c2)OCO3)n1-c1ccc(F)cc1. The molecule has 0 spiro atoms. The van der Waals surface area contributed by atoms with E-state index in [0.717, 1.165) is 5.56 Å². The maximum atomic E-state index is 13.2. The van der Waals surface area contributed by atoms with Crippen LogP contribution in [0, 0.1) is 5.82 Å². The standard InChI is InChI=1S/C19H16FN3O3S/c1-27-19-22-10-15(23(19)14-5-3-13(20)4-6-14)18(24)21-9-12-2-7-16-17(8-12)26-11-25-16/h2-8,10H,9,11H2,1H3,(H,21,24). The molecule has 0 aliphatic carbocycles. The third kappa shape index (κ3) is 3.48. The molecule has 0 radical (unpaired) electrons. The number of thioether (sulfide) groups is 1. The van der Waals surface area contributed by atoms with Gasteiger partial charge in [0, 0.05) is 12.2 Å². The molecule has 1 amide bonds. The summed E-state index contributed by atoms with van der Waals surface area (Å²) in [5.74, 6) is 0.759. The molecule has 0 saturated carbocycles. The van der Waals surface area contributed by atoms with Crippen LogP contribution in [0.15, 0.2) is 53.8 Å². The van der Waals surface area contributed by atoms with Crippen molar-refractivity contribution < 1.29 is 18.7 Å². The predicted octanol–water partition coefficient (Wildman–Crippen LogP) is 3.39. The Morgan fingerprint density at radius 3 is 2.78 bits per heavy atom. The smallest absolute Gasteiger partial charge is 0.270 e. The molecular formula is C19H16FN3O3S. The molecule has 0 unspecified atom stereocenters. The van der Waals surface area contributed by atoms with Crippen LogP contribution in [0.25, 0.3) is 5.69 Å². The molecule has 1 N–H and O–H groups in total. The maximum Gasteiger partial charge on any atom is 0.270 e.